The molecule has 1 saturated heterocycles. The van der Waals surface area contributed by atoms with Crippen LogP contribution < -0.4 is 5.32 Å². The molecule has 2 rings (SSSR count). The van der Waals surface area contributed by atoms with Crippen LogP contribution in [-0.4, -0.2) is 12.1 Å². The summed E-state index contributed by atoms with van der Waals surface area (Å²) in [5.41, 5.74) is 0. The van der Waals surface area contributed by atoms with Crippen LogP contribution in [0.25, 0.3) is 0 Å². The Labute approximate surface area is 37.7 Å². The minimum absolute atomic E-state index is 0.949. The van der Waals surface area contributed by atoms with Crippen LogP contribution in [0.15, 0.2) is 0 Å². The van der Waals surface area contributed by atoms with E-state index in [0.717, 1.165) is 18.0 Å². The van der Waals surface area contributed by atoms with Gasteiger partial charge in [-0.15, -0.1) is 0 Å². The van der Waals surface area contributed by atoms with Crippen LogP contribution in [-0.2, 0) is 0 Å². The molecule has 0 bridgehead atoms. The van der Waals surface area contributed by atoms with E-state index in [1.54, 1.807) is 0 Å². The average molecular weight is 83.1 g/mol. The molecule has 0 radical (unpaired) electrons. The second kappa shape index (κ2) is 0.648. The normalized spacial score (nSPS) is 62.5. The average Bonchev–Trinajstić information content (AvgIpc) is 2.12. The summed E-state index contributed by atoms with van der Waals surface area (Å²) in [4.78, 5) is 0. The molecule has 1 aliphatic heterocycles. The molecule has 1 saturated carbocycles. The lowest BCUT2D eigenvalue weighted by atomic mass is 9.88. The van der Waals surface area contributed by atoms with Crippen LogP contribution in [0.1, 0.15) is 13.3 Å². The Morgan fingerprint density at radius 3 is 2.50 bits per heavy atom. The summed E-state index contributed by atoms with van der Waals surface area (Å²) < 4.78 is 0. The molecule has 3 atom stereocenters. The molecule has 0 aromatic carbocycles. The highest BCUT2D eigenvalue weighted by molar-refractivity contribution is 5.11. The summed E-state index contributed by atoms with van der Waals surface area (Å²) in [6.45, 7) is 2.31. The summed E-state index contributed by atoms with van der Waals surface area (Å²) in [5.74, 6) is 0.995. The number of fused-ring (bicyclic) bond motifs is 1. The number of hydrogen-bond donors (Lipinski definition) is 1. The zero-order valence-corrected chi connectivity index (χ0v) is 3.94. The maximum atomic E-state index is 3.36. The van der Waals surface area contributed by atoms with E-state index < -0.39 is 0 Å². The molecule has 2 aliphatic rings. The van der Waals surface area contributed by atoms with E-state index in [2.05, 4.69) is 12.2 Å². The zero-order valence-electron chi connectivity index (χ0n) is 3.94. The van der Waals surface area contributed by atoms with E-state index in [4.69, 9.17) is 0 Å². The third kappa shape index (κ3) is 0.178. The molecule has 6 heavy (non-hydrogen) atoms. The van der Waals surface area contributed by atoms with E-state index in [1.807, 2.05) is 0 Å². The number of nitrogens with one attached hydrogen (secondary N) is 1. The van der Waals surface area contributed by atoms with Gasteiger partial charge in [-0.2, -0.15) is 0 Å². The maximum absolute atomic E-state index is 3.36. The predicted octanol–water partition coefficient (Wildman–Crippen LogP) is 0.367. The van der Waals surface area contributed by atoms with Gasteiger partial charge in [-0.25, -0.2) is 0 Å². The lowest BCUT2D eigenvalue weighted by Gasteiger charge is -2.15. The molecule has 0 aromatic heterocycles. The van der Waals surface area contributed by atoms with Crippen molar-refractivity contribution in [1.82, 2.24) is 5.32 Å². The minimum atomic E-state index is 0.949. The largest absolute Gasteiger partial charge is 0.308 e. The smallest absolute Gasteiger partial charge is 0.0250 e. The van der Waals surface area contributed by atoms with Crippen molar-refractivity contribution in [1.29, 1.82) is 0 Å². The molecule has 2 unspecified atom stereocenters. The van der Waals surface area contributed by atoms with Crippen molar-refractivity contribution in [3.05, 3.63) is 0 Å². The molecule has 0 spiro atoms. The minimum Gasteiger partial charge on any atom is -0.308 e. The first kappa shape index (κ1) is 3.03. The number of rotatable bonds is 0. The Balaban J connectivity index is 2.08. The van der Waals surface area contributed by atoms with Gasteiger partial charge in [0.25, 0.3) is 0 Å². The second-order valence-electron chi connectivity index (χ2n) is 2.51. The van der Waals surface area contributed by atoms with Gasteiger partial charge in [0.1, 0.15) is 0 Å². The van der Waals surface area contributed by atoms with Crippen LogP contribution in [0, 0.1) is 5.92 Å². The van der Waals surface area contributed by atoms with Crippen LogP contribution in [0.2, 0.25) is 0 Å². The Hall–Kier alpha value is -0.0400. The molecule has 1 N–H and O–H groups in total. The third-order valence-corrected chi connectivity index (χ3v) is 1.97. The van der Waals surface area contributed by atoms with Gasteiger partial charge in [-0.05, 0) is 12.3 Å². The lowest BCUT2D eigenvalue weighted by molar-refractivity contribution is 0.429. The standard InChI is InChI=1S/C5H9N/c1-3-2-4-5(3)6-4/h3-6H,2H2,1H3/t3?,4?,5-/m1/s1. The van der Waals surface area contributed by atoms with Crippen LogP contribution in [0.4, 0.5) is 0 Å². The van der Waals surface area contributed by atoms with Gasteiger partial charge in [0.2, 0.25) is 0 Å². The van der Waals surface area contributed by atoms with Gasteiger partial charge in [-0.1, -0.05) is 6.92 Å². The second-order valence-corrected chi connectivity index (χ2v) is 2.51. The van der Waals surface area contributed by atoms with Crippen molar-refractivity contribution in [2.75, 3.05) is 0 Å². The van der Waals surface area contributed by atoms with E-state index in [9.17, 15) is 0 Å². The van der Waals surface area contributed by atoms with Crippen LogP contribution in [0.3, 0.4) is 0 Å². The van der Waals surface area contributed by atoms with Crippen molar-refractivity contribution in [2.45, 2.75) is 25.4 Å². The summed E-state index contributed by atoms with van der Waals surface area (Å²) in [6, 6.07) is 1.91. The maximum Gasteiger partial charge on any atom is 0.0250 e. The quantitative estimate of drug-likeness (QED) is 0.420. The zero-order chi connectivity index (χ0) is 4.15. The van der Waals surface area contributed by atoms with Gasteiger partial charge in [0.05, 0.1) is 0 Å². The summed E-state index contributed by atoms with van der Waals surface area (Å²) in [7, 11) is 0. The van der Waals surface area contributed by atoms with Gasteiger partial charge >= 0.3 is 0 Å². The Kier molecular flexibility index (Phi) is 0.327. The predicted molar refractivity (Wildman–Crippen MR) is 24.5 cm³/mol. The molecule has 1 aliphatic carbocycles. The molecule has 2 fully saturated rings. The highest BCUT2D eigenvalue weighted by Crippen LogP contribution is 2.38. The van der Waals surface area contributed by atoms with Gasteiger partial charge in [0.15, 0.2) is 0 Å². The van der Waals surface area contributed by atoms with Crippen molar-refractivity contribution < 1.29 is 0 Å². The summed E-state index contributed by atoms with van der Waals surface area (Å²) in [6.07, 6.45) is 1.44. The molecule has 34 valence electrons. The van der Waals surface area contributed by atoms with E-state index >= 15 is 0 Å². The molecule has 0 amide bonds. The van der Waals surface area contributed by atoms with Crippen molar-refractivity contribution in [2.24, 2.45) is 5.92 Å². The van der Waals surface area contributed by atoms with Crippen molar-refractivity contribution in [3.63, 3.8) is 0 Å². The Bertz CT molecular complexity index is 80.0. The van der Waals surface area contributed by atoms with E-state index in [-0.39, 0.29) is 0 Å². The fourth-order valence-corrected chi connectivity index (χ4v) is 1.32. The molecule has 1 heterocycles. The van der Waals surface area contributed by atoms with Gasteiger partial charge in [-0.3, -0.25) is 0 Å². The highest BCUT2D eigenvalue weighted by atomic mass is 15.2. The first-order valence-corrected chi connectivity index (χ1v) is 2.64. The number of hydrogen-bond acceptors (Lipinski definition) is 1. The molecular formula is C5H9N. The molecule has 1 nitrogen and oxygen atoms in total. The van der Waals surface area contributed by atoms with Crippen LogP contribution >= 0.6 is 0 Å². The Morgan fingerprint density at radius 1 is 1.67 bits per heavy atom. The van der Waals surface area contributed by atoms with E-state index in [0.29, 0.717) is 0 Å². The SMILES string of the molecule is CC1CC2N[C@H]12. The monoisotopic (exact) mass is 83.1 g/mol. The topological polar surface area (TPSA) is 21.9 Å². The first-order chi connectivity index (χ1) is 2.88. The summed E-state index contributed by atoms with van der Waals surface area (Å²) >= 11 is 0. The fourth-order valence-electron chi connectivity index (χ4n) is 1.32. The molecule has 0 aromatic rings. The molecule has 1 heteroatoms. The fraction of sp³-hybridized carbons (Fsp3) is 1.00. The highest BCUT2D eigenvalue weighted by Gasteiger charge is 2.50. The van der Waals surface area contributed by atoms with E-state index in [1.165, 1.54) is 6.42 Å². The van der Waals surface area contributed by atoms with Crippen molar-refractivity contribution in [3.8, 4) is 0 Å². The summed E-state index contributed by atoms with van der Waals surface area (Å²) in [5, 5.41) is 3.36. The Morgan fingerprint density at radius 2 is 2.50 bits per heavy atom. The molecular weight excluding hydrogens is 74.1 g/mol. The first-order valence-electron chi connectivity index (χ1n) is 2.64. The lowest BCUT2D eigenvalue weighted by Crippen LogP contribution is -2.19. The van der Waals surface area contributed by atoms with Crippen LogP contribution in [0.5, 0.6) is 0 Å². The third-order valence-electron chi connectivity index (χ3n) is 1.97. The van der Waals surface area contributed by atoms with Gasteiger partial charge < -0.3 is 5.32 Å². The van der Waals surface area contributed by atoms with Crippen molar-refractivity contribution >= 4 is 0 Å². The van der Waals surface area contributed by atoms with Gasteiger partial charge in [0, 0.05) is 12.1 Å².